The lowest BCUT2D eigenvalue weighted by molar-refractivity contribution is 0.969. The van der Waals surface area contributed by atoms with Crippen LogP contribution in [-0.2, 0) is 6.42 Å². The molecule has 0 aliphatic rings. The van der Waals surface area contributed by atoms with E-state index >= 15 is 0 Å². The molecule has 0 aliphatic heterocycles. The molecule has 2 aromatic rings. The fraction of sp³-hybridized carbons (Fsp3) is 0.214. The second-order valence-corrected chi connectivity index (χ2v) is 4.08. The van der Waals surface area contributed by atoms with Gasteiger partial charge in [0.25, 0.3) is 0 Å². The van der Waals surface area contributed by atoms with Crippen molar-refractivity contribution >= 4 is 11.5 Å². The average molecular weight is 227 g/mol. The molecule has 3 heteroatoms. The molecule has 0 radical (unpaired) electrons. The standard InChI is InChI=1S/C14H17N3/c1-11-2-7-14(16-10-11)17-13-5-3-12(4-6-13)8-9-15/h2-7,10H,8-9,15H2,1H3,(H,16,17). The third-order valence-electron chi connectivity index (χ3n) is 2.57. The number of nitrogens with one attached hydrogen (secondary N) is 1. The van der Waals surface area contributed by atoms with Crippen LogP contribution in [0, 0.1) is 6.92 Å². The molecule has 0 fully saturated rings. The monoisotopic (exact) mass is 227 g/mol. The van der Waals surface area contributed by atoms with Crippen molar-refractivity contribution < 1.29 is 0 Å². The van der Waals surface area contributed by atoms with E-state index in [1.807, 2.05) is 37.4 Å². The van der Waals surface area contributed by atoms with Gasteiger partial charge in [0.2, 0.25) is 0 Å². The van der Waals surface area contributed by atoms with Crippen LogP contribution in [-0.4, -0.2) is 11.5 Å². The van der Waals surface area contributed by atoms with Crippen molar-refractivity contribution in [3.8, 4) is 0 Å². The lowest BCUT2D eigenvalue weighted by Gasteiger charge is -2.06. The zero-order chi connectivity index (χ0) is 12.1. The maximum absolute atomic E-state index is 5.51. The summed E-state index contributed by atoms with van der Waals surface area (Å²) in [5.74, 6) is 0.863. The molecule has 0 atom stereocenters. The summed E-state index contributed by atoms with van der Waals surface area (Å²) in [6, 6.07) is 12.3. The molecule has 0 amide bonds. The van der Waals surface area contributed by atoms with Crippen LogP contribution in [0.15, 0.2) is 42.6 Å². The van der Waals surface area contributed by atoms with Crippen molar-refractivity contribution in [2.75, 3.05) is 11.9 Å². The van der Waals surface area contributed by atoms with Crippen LogP contribution in [0.3, 0.4) is 0 Å². The minimum absolute atomic E-state index is 0.687. The van der Waals surface area contributed by atoms with Gasteiger partial charge in [0.05, 0.1) is 0 Å². The van der Waals surface area contributed by atoms with Gasteiger partial charge in [-0.25, -0.2) is 4.98 Å². The Balaban J connectivity index is 2.05. The van der Waals surface area contributed by atoms with E-state index in [-0.39, 0.29) is 0 Å². The quantitative estimate of drug-likeness (QED) is 0.844. The van der Waals surface area contributed by atoms with E-state index in [0.717, 1.165) is 23.5 Å². The van der Waals surface area contributed by atoms with Gasteiger partial charge in [-0.1, -0.05) is 18.2 Å². The number of aryl methyl sites for hydroxylation is 1. The van der Waals surface area contributed by atoms with Crippen molar-refractivity contribution in [2.45, 2.75) is 13.3 Å². The lowest BCUT2D eigenvalue weighted by Crippen LogP contribution is -2.02. The van der Waals surface area contributed by atoms with Crippen LogP contribution in [0.25, 0.3) is 0 Å². The van der Waals surface area contributed by atoms with Crippen molar-refractivity contribution in [2.24, 2.45) is 5.73 Å². The van der Waals surface area contributed by atoms with Crippen molar-refractivity contribution in [3.05, 3.63) is 53.7 Å². The Labute approximate surface area is 102 Å². The maximum Gasteiger partial charge on any atom is 0.130 e. The first-order valence-electron chi connectivity index (χ1n) is 5.76. The smallest absolute Gasteiger partial charge is 0.130 e. The molecule has 0 bridgehead atoms. The Morgan fingerprint density at radius 1 is 1.12 bits per heavy atom. The molecule has 0 aliphatic carbocycles. The number of benzene rings is 1. The molecule has 3 N–H and O–H groups in total. The van der Waals surface area contributed by atoms with E-state index in [9.17, 15) is 0 Å². The van der Waals surface area contributed by atoms with Gasteiger partial charge in [0, 0.05) is 11.9 Å². The lowest BCUT2D eigenvalue weighted by atomic mass is 10.1. The van der Waals surface area contributed by atoms with Gasteiger partial charge in [0.15, 0.2) is 0 Å². The van der Waals surface area contributed by atoms with Crippen LogP contribution in [0.4, 0.5) is 11.5 Å². The predicted octanol–water partition coefficient (Wildman–Crippen LogP) is 2.63. The van der Waals surface area contributed by atoms with Crippen LogP contribution < -0.4 is 11.1 Å². The summed E-state index contributed by atoms with van der Waals surface area (Å²) in [6.07, 6.45) is 2.77. The minimum Gasteiger partial charge on any atom is -0.340 e. The number of hydrogen-bond acceptors (Lipinski definition) is 3. The maximum atomic E-state index is 5.51. The van der Waals surface area contributed by atoms with E-state index < -0.39 is 0 Å². The molecule has 88 valence electrons. The first-order valence-corrected chi connectivity index (χ1v) is 5.76. The molecule has 0 unspecified atom stereocenters. The third kappa shape index (κ3) is 3.29. The van der Waals surface area contributed by atoms with Gasteiger partial charge in [-0.15, -0.1) is 0 Å². The molecule has 0 saturated heterocycles. The summed E-state index contributed by atoms with van der Waals surface area (Å²) in [5.41, 5.74) is 8.97. The molecular weight excluding hydrogens is 210 g/mol. The number of anilines is 2. The van der Waals surface area contributed by atoms with Crippen molar-refractivity contribution in [1.29, 1.82) is 0 Å². The number of nitrogens with zero attached hydrogens (tertiary/aromatic N) is 1. The predicted molar refractivity (Wildman–Crippen MR) is 71.5 cm³/mol. The average Bonchev–Trinajstić information content (AvgIpc) is 2.35. The summed E-state index contributed by atoms with van der Waals surface area (Å²) < 4.78 is 0. The molecule has 1 aromatic heterocycles. The fourth-order valence-corrected chi connectivity index (χ4v) is 1.61. The summed E-state index contributed by atoms with van der Waals surface area (Å²) in [4.78, 5) is 4.30. The number of nitrogens with two attached hydrogens (primary N) is 1. The number of hydrogen-bond donors (Lipinski definition) is 2. The molecule has 3 nitrogen and oxygen atoms in total. The zero-order valence-corrected chi connectivity index (χ0v) is 9.98. The van der Waals surface area contributed by atoms with Gasteiger partial charge >= 0.3 is 0 Å². The molecule has 1 heterocycles. The summed E-state index contributed by atoms with van der Waals surface area (Å²) in [5, 5.41) is 3.26. The van der Waals surface area contributed by atoms with Gasteiger partial charge in [-0.05, 0) is 49.2 Å². The van der Waals surface area contributed by atoms with E-state index in [4.69, 9.17) is 5.73 Å². The van der Waals surface area contributed by atoms with Gasteiger partial charge in [0.1, 0.15) is 5.82 Å². The number of aromatic nitrogens is 1. The van der Waals surface area contributed by atoms with Crippen molar-refractivity contribution in [1.82, 2.24) is 4.98 Å². The van der Waals surface area contributed by atoms with E-state index in [2.05, 4.69) is 22.4 Å². The second-order valence-electron chi connectivity index (χ2n) is 4.08. The van der Waals surface area contributed by atoms with Gasteiger partial charge in [-0.3, -0.25) is 0 Å². The molecule has 0 saturated carbocycles. The van der Waals surface area contributed by atoms with Crippen LogP contribution in [0.5, 0.6) is 0 Å². The topological polar surface area (TPSA) is 50.9 Å². The van der Waals surface area contributed by atoms with Crippen LogP contribution >= 0.6 is 0 Å². The molecule has 1 aromatic carbocycles. The van der Waals surface area contributed by atoms with E-state index in [1.54, 1.807) is 0 Å². The van der Waals surface area contributed by atoms with Crippen molar-refractivity contribution in [3.63, 3.8) is 0 Å². The number of rotatable bonds is 4. The van der Waals surface area contributed by atoms with Gasteiger partial charge < -0.3 is 11.1 Å². The third-order valence-corrected chi connectivity index (χ3v) is 2.57. The van der Waals surface area contributed by atoms with Gasteiger partial charge in [-0.2, -0.15) is 0 Å². The zero-order valence-electron chi connectivity index (χ0n) is 9.98. The Hall–Kier alpha value is -1.87. The highest BCUT2D eigenvalue weighted by Crippen LogP contribution is 2.15. The second kappa shape index (κ2) is 5.46. The largest absolute Gasteiger partial charge is 0.340 e. The van der Waals surface area contributed by atoms with Crippen LogP contribution in [0.2, 0.25) is 0 Å². The Bertz CT molecular complexity index is 460. The van der Waals surface area contributed by atoms with E-state index in [0.29, 0.717) is 6.54 Å². The van der Waals surface area contributed by atoms with Crippen LogP contribution in [0.1, 0.15) is 11.1 Å². The highest BCUT2D eigenvalue weighted by molar-refractivity contribution is 5.56. The molecule has 17 heavy (non-hydrogen) atoms. The highest BCUT2D eigenvalue weighted by Gasteiger charge is 1.96. The molecule has 0 spiro atoms. The highest BCUT2D eigenvalue weighted by atomic mass is 15.0. The van der Waals surface area contributed by atoms with E-state index in [1.165, 1.54) is 5.56 Å². The Morgan fingerprint density at radius 2 is 1.88 bits per heavy atom. The first-order chi connectivity index (χ1) is 8.28. The summed E-state index contributed by atoms with van der Waals surface area (Å²) >= 11 is 0. The first kappa shape index (κ1) is 11.6. The Kier molecular flexibility index (Phi) is 3.73. The normalized spacial score (nSPS) is 10.2. The Morgan fingerprint density at radius 3 is 2.47 bits per heavy atom. The fourth-order valence-electron chi connectivity index (χ4n) is 1.61. The minimum atomic E-state index is 0.687. The number of pyridine rings is 1. The summed E-state index contributed by atoms with van der Waals surface area (Å²) in [7, 11) is 0. The molecule has 2 rings (SSSR count). The summed E-state index contributed by atoms with van der Waals surface area (Å²) in [6.45, 7) is 2.71. The molecular formula is C14H17N3. The SMILES string of the molecule is Cc1ccc(Nc2ccc(CCN)cc2)nc1.